The van der Waals surface area contributed by atoms with Crippen molar-refractivity contribution < 1.29 is 4.39 Å². The van der Waals surface area contributed by atoms with Gasteiger partial charge in [0, 0.05) is 47.6 Å². The molecule has 3 nitrogen and oxygen atoms in total. The molecule has 0 fully saturated rings. The number of halogens is 3. The van der Waals surface area contributed by atoms with E-state index in [2.05, 4.69) is 234 Å². The zero-order valence-electron chi connectivity index (χ0n) is 32.6. The molecular weight excluding hydrogens is 898 g/mol. The molecule has 0 atom stereocenters. The van der Waals surface area contributed by atoms with E-state index in [4.69, 9.17) is 0 Å². The molecule has 0 aliphatic carbocycles. The third-order valence-electron chi connectivity index (χ3n) is 12.5. The summed E-state index contributed by atoms with van der Waals surface area (Å²) in [6.45, 7) is 0. The molecule has 0 N–H and O–H groups in total. The van der Waals surface area contributed by atoms with E-state index in [0.717, 1.165) is 32.9 Å². The van der Waals surface area contributed by atoms with Crippen molar-refractivity contribution in [2.75, 3.05) is 4.90 Å². The highest BCUT2D eigenvalue weighted by atomic mass is 79.9. The molecule has 290 valence electrons. The Kier molecular flexibility index (Phi) is 8.36. The number of para-hydroxylation sites is 6. The molecule has 0 saturated carbocycles. The summed E-state index contributed by atoms with van der Waals surface area (Å²) in [4.78, 5) is 2.30. The number of nitrogens with zero attached hydrogens (tertiary/aromatic N) is 3. The molecule has 2 aromatic heterocycles. The maximum absolute atomic E-state index is 14.8. The highest BCUT2D eigenvalue weighted by Crippen LogP contribution is 2.45. The molecular formula is C54H34Br2FN3Si. The lowest BCUT2D eigenvalue weighted by Crippen LogP contribution is -2.77. The highest BCUT2D eigenvalue weighted by Gasteiger charge is 2.50. The van der Waals surface area contributed by atoms with Crippen molar-refractivity contribution in [1.29, 1.82) is 0 Å². The van der Waals surface area contributed by atoms with E-state index in [-0.39, 0.29) is 5.82 Å². The van der Waals surface area contributed by atoms with E-state index < -0.39 is 8.07 Å². The maximum atomic E-state index is 14.8. The van der Waals surface area contributed by atoms with Crippen LogP contribution in [0.25, 0.3) is 55.0 Å². The number of fused-ring (bicyclic) bond motifs is 8. The molecule has 11 aromatic rings. The van der Waals surface area contributed by atoms with E-state index in [1.807, 2.05) is 6.07 Å². The van der Waals surface area contributed by atoms with Gasteiger partial charge in [-0.1, -0.05) is 127 Å². The smallest absolute Gasteiger partial charge is 0.184 e. The van der Waals surface area contributed by atoms with Crippen molar-refractivity contribution >= 4 is 121 Å². The second kappa shape index (κ2) is 14.0. The Bertz CT molecular complexity index is 3310. The van der Waals surface area contributed by atoms with Gasteiger partial charge in [0.1, 0.15) is 5.82 Å². The summed E-state index contributed by atoms with van der Waals surface area (Å²) in [5.74, 6) is -0.291. The van der Waals surface area contributed by atoms with Crippen LogP contribution in [0.2, 0.25) is 0 Å². The lowest BCUT2D eigenvalue weighted by molar-refractivity contribution is 0.627. The van der Waals surface area contributed by atoms with Gasteiger partial charge in [-0.3, -0.25) is 0 Å². The van der Waals surface area contributed by atoms with E-state index in [1.54, 1.807) is 12.1 Å². The molecule has 0 unspecified atom stereocenters. The van der Waals surface area contributed by atoms with Crippen LogP contribution in [-0.2, 0) is 0 Å². The molecule has 0 radical (unpaired) electrons. The number of anilines is 3. The van der Waals surface area contributed by atoms with Crippen LogP contribution >= 0.6 is 31.9 Å². The quantitative estimate of drug-likeness (QED) is 0.157. The molecule has 1 aliphatic heterocycles. The van der Waals surface area contributed by atoms with E-state index in [1.165, 1.54) is 64.4 Å². The molecule has 0 spiro atoms. The topological polar surface area (TPSA) is 13.1 Å². The molecule has 0 amide bonds. The summed E-state index contributed by atoms with van der Waals surface area (Å²) < 4.78 is 21.3. The number of hydrogen-bond donors (Lipinski definition) is 0. The predicted molar refractivity (Wildman–Crippen MR) is 262 cm³/mol. The zero-order valence-corrected chi connectivity index (χ0v) is 36.8. The maximum Gasteiger partial charge on any atom is 0.184 e. The van der Waals surface area contributed by atoms with Crippen molar-refractivity contribution in [3.05, 3.63) is 221 Å². The normalized spacial score (nSPS) is 13.3. The summed E-state index contributed by atoms with van der Waals surface area (Å²) in [7, 11) is -3.26. The summed E-state index contributed by atoms with van der Waals surface area (Å²) in [5.41, 5.74) is 9.87. The van der Waals surface area contributed by atoms with Crippen molar-refractivity contribution in [2.24, 2.45) is 0 Å². The van der Waals surface area contributed by atoms with Gasteiger partial charge >= 0.3 is 0 Å². The van der Waals surface area contributed by atoms with Crippen LogP contribution in [0.4, 0.5) is 21.5 Å². The van der Waals surface area contributed by atoms with E-state index in [9.17, 15) is 4.39 Å². The largest absolute Gasteiger partial charge is 0.309 e. The van der Waals surface area contributed by atoms with Gasteiger partial charge in [-0.15, -0.1) is 0 Å². The molecule has 3 heterocycles. The van der Waals surface area contributed by atoms with Crippen LogP contribution in [-0.4, -0.2) is 17.2 Å². The minimum absolute atomic E-state index is 0.291. The Morgan fingerprint density at radius 2 is 0.836 bits per heavy atom. The van der Waals surface area contributed by atoms with Gasteiger partial charge in [0.2, 0.25) is 0 Å². The van der Waals surface area contributed by atoms with Gasteiger partial charge in [0.25, 0.3) is 0 Å². The third-order valence-corrected chi connectivity index (χ3v) is 18.6. The molecule has 0 saturated heterocycles. The average molecular weight is 932 g/mol. The number of hydrogen-bond acceptors (Lipinski definition) is 1. The SMILES string of the molecule is Fc1ccc(N2c3ccccc3[Si](c3cccc(-n4c5ccccc5c5ccccc54)c3)(c3cccc(-n4c5ccccc5c5ccccc54)c3)c3cccc(Br)c32)c(Br)c1. The lowest BCUT2D eigenvalue weighted by Gasteiger charge is -2.45. The standard InChI is InChI=1S/C54H34Br2FN3Si/c55-44-22-13-29-53-54(44)60(50-31-30-35(57)32-45(50)56)51-27-9-10-28-52(51)61(53,38-16-11-14-36(33-38)58-46-23-5-1-18-40(46)41-19-2-6-24-47(41)58)39-17-12-15-37(34-39)59-48-25-7-3-20-42(48)43-21-4-8-26-49(43)59/h1-34H. The first-order valence-electron chi connectivity index (χ1n) is 20.3. The van der Waals surface area contributed by atoms with Gasteiger partial charge in [-0.25, -0.2) is 4.39 Å². The second-order valence-corrected chi connectivity index (χ2v) is 21.1. The van der Waals surface area contributed by atoms with Crippen LogP contribution in [0.3, 0.4) is 0 Å². The third kappa shape index (κ3) is 5.30. The van der Waals surface area contributed by atoms with E-state index in [0.29, 0.717) is 4.47 Å². The minimum Gasteiger partial charge on any atom is -0.309 e. The molecule has 61 heavy (non-hydrogen) atoms. The van der Waals surface area contributed by atoms with Gasteiger partial charge in [-0.2, -0.15) is 0 Å². The Morgan fingerprint density at radius 1 is 0.377 bits per heavy atom. The fourth-order valence-electron chi connectivity index (χ4n) is 10.2. The van der Waals surface area contributed by atoms with Gasteiger partial charge in [-0.05, 0) is 131 Å². The molecule has 0 bridgehead atoms. The Hall–Kier alpha value is -6.51. The molecule has 9 aromatic carbocycles. The first-order valence-corrected chi connectivity index (χ1v) is 23.9. The Balaban J connectivity index is 1.21. The van der Waals surface area contributed by atoms with Crippen molar-refractivity contribution in [2.45, 2.75) is 0 Å². The van der Waals surface area contributed by atoms with Crippen LogP contribution in [0.15, 0.2) is 215 Å². The summed E-state index contributed by atoms with van der Waals surface area (Å²) in [5, 5.41) is 9.91. The van der Waals surface area contributed by atoms with Crippen LogP contribution in [0.1, 0.15) is 0 Å². The second-order valence-electron chi connectivity index (χ2n) is 15.7. The fourth-order valence-corrected chi connectivity index (χ4v) is 16.6. The van der Waals surface area contributed by atoms with Crippen molar-refractivity contribution in [1.82, 2.24) is 9.13 Å². The number of benzene rings is 9. The number of aromatic nitrogens is 2. The Morgan fingerprint density at radius 3 is 1.36 bits per heavy atom. The number of rotatable bonds is 5. The van der Waals surface area contributed by atoms with E-state index >= 15 is 0 Å². The van der Waals surface area contributed by atoms with Crippen LogP contribution < -0.4 is 25.6 Å². The monoisotopic (exact) mass is 929 g/mol. The molecule has 1 aliphatic rings. The summed E-state index contributed by atoms with van der Waals surface area (Å²) >= 11 is 7.87. The van der Waals surface area contributed by atoms with Gasteiger partial charge < -0.3 is 14.0 Å². The lowest BCUT2D eigenvalue weighted by atomic mass is 10.1. The molecule has 7 heteroatoms. The van der Waals surface area contributed by atoms with Gasteiger partial charge in [0.15, 0.2) is 8.07 Å². The van der Waals surface area contributed by atoms with Crippen molar-refractivity contribution in [3.63, 3.8) is 0 Å². The van der Waals surface area contributed by atoms with Crippen LogP contribution in [0, 0.1) is 5.82 Å². The first kappa shape index (κ1) is 36.3. The average Bonchev–Trinajstić information content (AvgIpc) is 3.82. The first-order chi connectivity index (χ1) is 30.0. The predicted octanol–water partition coefficient (Wildman–Crippen LogP) is 12.7. The summed E-state index contributed by atoms with van der Waals surface area (Å²) in [6, 6.07) is 73.8. The zero-order chi connectivity index (χ0) is 40.8. The Labute approximate surface area is 369 Å². The van der Waals surface area contributed by atoms with Crippen molar-refractivity contribution in [3.8, 4) is 11.4 Å². The molecule has 12 rings (SSSR count). The van der Waals surface area contributed by atoms with Crippen LogP contribution in [0.5, 0.6) is 0 Å². The highest BCUT2D eigenvalue weighted by molar-refractivity contribution is 9.11. The summed E-state index contributed by atoms with van der Waals surface area (Å²) in [6.07, 6.45) is 0. The minimum atomic E-state index is -3.26. The fraction of sp³-hybridized carbons (Fsp3) is 0. The van der Waals surface area contributed by atoms with Gasteiger partial charge in [0.05, 0.1) is 33.4 Å².